The Bertz CT molecular complexity index is 965. The van der Waals surface area contributed by atoms with E-state index >= 15 is 0 Å². The van der Waals surface area contributed by atoms with Crippen molar-refractivity contribution in [3.8, 4) is 11.8 Å². The minimum Gasteiger partial charge on any atom is -0.388 e. The highest BCUT2D eigenvalue weighted by Gasteiger charge is 2.51. The van der Waals surface area contributed by atoms with Crippen molar-refractivity contribution in [2.45, 2.75) is 89.2 Å². The Morgan fingerprint density at radius 2 is 1.94 bits per heavy atom. The molecular formula is C22H34NO8P. The van der Waals surface area contributed by atoms with Crippen LogP contribution in [0, 0.1) is 11.8 Å². The molecule has 180 valence electrons. The lowest BCUT2D eigenvalue weighted by molar-refractivity contribution is -0.0531. The second-order valence-electron chi connectivity index (χ2n) is 8.50. The van der Waals surface area contributed by atoms with Gasteiger partial charge in [-0.05, 0) is 45.6 Å². The van der Waals surface area contributed by atoms with E-state index in [0.29, 0.717) is 17.7 Å². The molecule has 4 N–H and O–H groups in total. The van der Waals surface area contributed by atoms with Gasteiger partial charge in [0, 0.05) is 25.2 Å². The largest absolute Gasteiger partial charge is 0.388 e. The topological polar surface area (TPSA) is 138 Å². The van der Waals surface area contributed by atoms with Crippen LogP contribution in [0.5, 0.6) is 0 Å². The van der Waals surface area contributed by atoms with Crippen molar-refractivity contribution >= 4 is 7.60 Å². The summed E-state index contributed by atoms with van der Waals surface area (Å²) in [6.07, 6.45) is -2.92. The lowest BCUT2D eigenvalue weighted by Crippen LogP contribution is -2.40. The summed E-state index contributed by atoms with van der Waals surface area (Å²) in [5.41, 5.74) is -0.551. The van der Waals surface area contributed by atoms with Crippen molar-refractivity contribution in [3.05, 3.63) is 33.7 Å². The van der Waals surface area contributed by atoms with Gasteiger partial charge in [-0.3, -0.25) is 9.36 Å². The summed E-state index contributed by atoms with van der Waals surface area (Å²) in [4.78, 5) is 24.8. The maximum atomic E-state index is 12.8. The monoisotopic (exact) mass is 471 g/mol. The molecule has 1 aliphatic rings. The minimum absolute atomic E-state index is 0.0321. The second-order valence-corrected chi connectivity index (χ2v) is 10.7. The van der Waals surface area contributed by atoms with E-state index in [1.54, 1.807) is 33.8 Å². The van der Waals surface area contributed by atoms with E-state index in [1.807, 2.05) is 0 Å². The summed E-state index contributed by atoms with van der Waals surface area (Å²) in [5.74, 6) is 5.58. The number of aliphatic hydroxyl groups is 2. The van der Waals surface area contributed by atoms with E-state index in [-0.39, 0.29) is 18.4 Å². The third kappa shape index (κ3) is 5.52. The first-order chi connectivity index (χ1) is 14.8. The Hall–Kier alpha value is -1.50. The molecule has 0 bridgehead atoms. The summed E-state index contributed by atoms with van der Waals surface area (Å²) in [5, 5.41) is 19.3. The standard InChI is InChI=1S/C22H34NO8P/c1-7-10-15-14(11-12-17(24)23-15)19-20(29-6)18(25)16(30-19)13-21(4,8-2)31-32(27,28)22(5,26)9-3/h11-12,16,18-20,25-26H,8-9,13H2,1-6H3,(H,23,24)(H,27,28). The van der Waals surface area contributed by atoms with Crippen molar-refractivity contribution in [2.75, 3.05) is 7.11 Å². The van der Waals surface area contributed by atoms with E-state index in [0.717, 1.165) is 0 Å². The van der Waals surface area contributed by atoms with Crippen LogP contribution >= 0.6 is 7.60 Å². The van der Waals surface area contributed by atoms with Gasteiger partial charge in [0.05, 0.1) is 17.4 Å². The van der Waals surface area contributed by atoms with Gasteiger partial charge in [-0.15, -0.1) is 0 Å². The molecule has 0 amide bonds. The molecular weight excluding hydrogens is 437 g/mol. The SMILES string of the molecule is CC#Cc1[nH]c(=O)ccc1C1OC(CC(C)(CC)OP(=O)(O)C(C)(O)CC)C(O)C1OC. The zero-order valence-electron chi connectivity index (χ0n) is 19.4. The number of aliphatic hydroxyl groups excluding tert-OH is 1. The van der Waals surface area contributed by atoms with E-state index in [9.17, 15) is 24.5 Å². The fraction of sp³-hybridized carbons (Fsp3) is 0.682. The molecule has 1 aromatic rings. The molecule has 1 aliphatic heterocycles. The molecule has 0 aromatic carbocycles. The van der Waals surface area contributed by atoms with Crippen LogP contribution in [0.25, 0.3) is 0 Å². The summed E-state index contributed by atoms with van der Waals surface area (Å²) < 4.78 is 30.0. The lowest BCUT2D eigenvalue weighted by atomic mass is 9.92. The number of rotatable bonds is 9. The van der Waals surface area contributed by atoms with Gasteiger partial charge in [-0.25, -0.2) is 0 Å². The Balaban J connectivity index is 2.34. The average molecular weight is 471 g/mol. The molecule has 0 aliphatic carbocycles. The quantitative estimate of drug-likeness (QED) is 0.318. The zero-order chi connectivity index (χ0) is 24.3. The van der Waals surface area contributed by atoms with Gasteiger partial charge in [-0.2, -0.15) is 0 Å². The molecule has 2 heterocycles. The number of H-pyrrole nitrogens is 1. The Morgan fingerprint density at radius 3 is 2.47 bits per heavy atom. The Morgan fingerprint density at radius 1 is 1.28 bits per heavy atom. The highest BCUT2D eigenvalue weighted by molar-refractivity contribution is 7.54. The average Bonchev–Trinajstić information content (AvgIpc) is 3.02. The van der Waals surface area contributed by atoms with Crippen molar-refractivity contribution in [1.82, 2.24) is 4.98 Å². The number of aromatic nitrogens is 1. The third-order valence-electron chi connectivity index (χ3n) is 6.12. The Kier molecular flexibility index (Phi) is 8.52. The Labute approximate surface area is 188 Å². The fourth-order valence-corrected chi connectivity index (χ4v) is 5.04. The molecule has 1 saturated heterocycles. The maximum absolute atomic E-state index is 12.8. The predicted octanol–water partition coefficient (Wildman–Crippen LogP) is 2.44. The molecule has 32 heavy (non-hydrogen) atoms. The lowest BCUT2D eigenvalue weighted by Gasteiger charge is -2.37. The molecule has 1 fully saturated rings. The number of aromatic amines is 1. The number of nitrogens with one attached hydrogen (secondary N) is 1. The van der Waals surface area contributed by atoms with Crippen LogP contribution in [0.2, 0.25) is 0 Å². The van der Waals surface area contributed by atoms with Gasteiger partial charge in [0.15, 0.2) is 5.34 Å². The summed E-state index contributed by atoms with van der Waals surface area (Å²) >= 11 is 0. The highest BCUT2D eigenvalue weighted by Crippen LogP contribution is 2.59. The van der Waals surface area contributed by atoms with Crippen LogP contribution in [0.15, 0.2) is 16.9 Å². The number of pyridine rings is 1. The predicted molar refractivity (Wildman–Crippen MR) is 119 cm³/mol. The van der Waals surface area contributed by atoms with E-state index in [1.165, 1.54) is 20.1 Å². The summed E-state index contributed by atoms with van der Waals surface area (Å²) in [6.45, 7) is 7.91. The van der Waals surface area contributed by atoms with Crippen molar-refractivity contribution in [2.24, 2.45) is 0 Å². The highest BCUT2D eigenvalue weighted by atomic mass is 31.2. The number of ether oxygens (including phenoxy) is 2. The number of hydrogen-bond acceptors (Lipinski definition) is 7. The number of hydrogen-bond donors (Lipinski definition) is 4. The molecule has 0 saturated carbocycles. The molecule has 10 heteroatoms. The van der Waals surface area contributed by atoms with Crippen LogP contribution in [-0.4, -0.2) is 56.5 Å². The minimum atomic E-state index is -4.40. The second kappa shape index (κ2) is 10.2. The number of methoxy groups -OCH3 is 1. The van der Waals surface area contributed by atoms with Crippen LogP contribution in [-0.2, 0) is 18.6 Å². The maximum Gasteiger partial charge on any atom is 0.359 e. The molecule has 9 nitrogen and oxygen atoms in total. The van der Waals surface area contributed by atoms with E-state index in [4.69, 9.17) is 14.0 Å². The van der Waals surface area contributed by atoms with Crippen molar-refractivity contribution < 1.29 is 33.7 Å². The van der Waals surface area contributed by atoms with Gasteiger partial charge >= 0.3 is 7.60 Å². The zero-order valence-corrected chi connectivity index (χ0v) is 20.3. The smallest absolute Gasteiger partial charge is 0.359 e. The van der Waals surface area contributed by atoms with Gasteiger partial charge in [0.1, 0.15) is 18.3 Å². The molecule has 7 unspecified atom stereocenters. The molecule has 1 aromatic heterocycles. The fourth-order valence-electron chi connectivity index (χ4n) is 3.64. The molecule has 0 radical (unpaired) electrons. The van der Waals surface area contributed by atoms with Gasteiger partial charge in [-0.1, -0.05) is 19.8 Å². The first kappa shape index (κ1) is 26.7. The van der Waals surface area contributed by atoms with Gasteiger partial charge < -0.3 is 34.1 Å². The summed E-state index contributed by atoms with van der Waals surface area (Å²) in [7, 11) is -2.95. The van der Waals surface area contributed by atoms with Crippen molar-refractivity contribution in [1.29, 1.82) is 0 Å². The molecule has 7 atom stereocenters. The van der Waals surface area contributed by atoms with Crippen LogP contribution in [0.3, 0.4) is 0 Å². The van der Waals surface area contributed by atoms with Crippen LogP contribution in [0.1, 0.15) is 71.2 Å². The summed E-state index contributed by atoms with van der Waals surface area (Å²) in [6, 6.07) is 2.93. The van der Waals surface area contributed by atoms with Crippen molar-refractivity contribution in [3.63, 3.8) is 0 Å². The van der Waals surface area contributed by atoms with Crippen LogP contribution < -0.4 is 5.56 Å². The first-order valence-corrected chi connectivity index (χ1v) is 12.2. The molecule has 2 rings (SSSR count). The normalized spacial score (nSPS) is 28.8. The van der Waals surface area contributed by atoms with Gasteiger partial charge in [0.25, 0.3) is 0 Å². The third-order valence-corrected chi connectivity index (χ3v) is 8.34. The molecule has 0 spiro atoms. The first-order valence-electron chi connectivity index (χ1n) is 10.6. The van der Waals surface area contributed by atoms with Gasteiger partial charge in [0.2, 0.25) is 5.56 Å². The van der Waals surface area contributed by atoms with Crippen LogP contribution in [0.4, 0.5) is 0 Å². The van der Waals surface area contributed by atoms with E-state index < -0.39 is 43.0 Å². The van der Waals surface area contributed by atoms with E-state index in [2.05, 4.69) is 16.8 Å².